The van der Waals surface area contributed by atoms with Crippen molar-refractivity contribution in [2.24, 2.45) is 7.05 Å². The summed E-state index contributed by atoms with van der Waals surface area (Å²) in [7, 11) is 1.66. The van der Waals surface area contributed by atoms with Crippen molar-refractivity contribution in [3.63, 3.8) is 0 Å². The normalized spacial score (nSPS) is 19.6. The van der Waals surface area contributed by atoms with E-state index in [0.717, 1.165) is 18.4 Å². The van der Waals surface area contributed by atoms with Crippen molar-refractivity contribution >= 4 is 11.7 Å². The van der Waals surface area contributed by atoms with Crippen LogP contribution < -0.4 is 10.9 Å². The molecule has 1 fully saturated rings. The molecule has 21 heavy (non-hydrogen) atoms. The number of amides is 2. The molecule has 116 valence electrons. The van der Waals surface area contributed by atoms with E-state index in [1.165, 1.54) is 10.6 Å². The summed E-state index contributed by atoms with van der Waals surface area (Å²) in [4.78, 5) is 25.7. The Labute approximate surface area is 124 Å². The molecular weight excluding hydrogens is 270 g/mol. The number of likely N-dealkylation sites (tertiary alicyclic amines) is 1. The molecule has 6 nitrogen and oxygen atoms in total. The number of nitrogens with zero attached hydrogens (tertiary/aromatic N) is 2. The maximum absolute atomic E-state index is 12.4. The summed E-state index contributed by atoms with van der Waals surface area (Å²) >= 11 is 0. The smallest absolute Gasteiger partial charge is 0.322 e. The van der Waals surface area contributed by atoms with Crippen LogP contribution in [0.25, 0.3) is 0 Å². The Morgan fingerprint density at radius 2 is 2.29 bits per heavy atom. The minimum atomic E-state index is -0.414. The van der Waals surface area contributed by atoms with E-state index in [-0.39, 0.29) is 17.6 Å². The lowest BCUT2D eigenvalue weighted by molar-refractivity contribution is 0.142. The largest absolute Gasteiger partial charge is 0.393 e. The van der Waals surface area contributed by atoms with E-state index in [1.54, 1.807) is 32.0 Å². The van der Waals surface area contributed by atoms with Crippen LogP contribution in [0, 0.1) is 6.92 Å². The highest BCUT2D eigenvalue weighted by atomic mass is 16.3. The van der Waals surface area contributed by atoms with Gasteiger partial charge in [0.1, 0.15) is 0 Å². The van der Waals surface area contributed by atoms with Gasteiger partial charge in [-0.05, 0) is 38.7 Å². The predicted octanol–water partition coefficient (Wildman–Crippen LogP) is 1.46. The Morgan fingerprint density at radius 1 is 1.57 bits per heavy atom. The average Bonchev–Trinajstić information content (AvgIpc) is 2.83. The number of hydrogen-bond donors (Lipinski definition) is 2. The van der Waals surface area contributed by atoms with Crippen LogP contribution in [0.15, 0.2) is 17.1 Å². The maximum Gasteiger partial charge on any atom is 0.322 e. The summed E-state index contributed by atoms with van der Waals surface area (Å²) in [6.45, 7) is 4.24. The molecule has 0 spiro atoms. The van der Waals surface area contributed by atoms with Crippen molar-refractivity contribution < 1.29 is 9.90 Å². The number of anilines is 1. The summed E-state index contributed by atoms with van der Waals surface area (Å²) in [5.74, 6) is 0. The molecule has 2 unspecified atom stereocenters. The molecule has 1 aromatic heterocycles. The van der Waals surface area contributed by atoms with Crippen LogP contribution >= 0.6 is 0 Å². The van der Waals surface area contributed by atoms with Gasteiger partial charge in [-0.1, -0.05) is 0 Å². The molecule has 2 atom stereocenters. The summed E-state index contributed by atoms with van der Waals surface area (Å²) in [5, 5.41) is 12.4. The molecule has 0 aromatic carbocycles. The zero-order valence-corrected chi connectivity index (χ0v) is 12.8. The van der Waals surface area contributed by atoms with Gasteiger partial charge in [-0.15, -0.1) is 0 Å². The number of nitrogens with one attached hydrogen (secondary N) is 1. The molecule has 0 aliphatic carbocycles. The summed E-state index contributed by atoms with van der Waals surface area (Å²) in [6.07, 6.45) is 3.69. The molecule has 1 aliphatic rings. The van der Waals surface area contributed by atoms with E-state index >= 15 is 0 Å². The Morgan fingerprint density at radius 3 is 2.95 bits per heavy atom. The minimum absolute atomic E-state index is 0.0813. The number of aromatic nitrogens is 1. The SMILES string of the molecule is Cc1cc(=O)n(C)cc1NC(=O)N1CCCC1CC(C)O. The van der Waals surface area contributed by atoms with Crippen LogP contribution in [0.1, 0.15) is 31.7 Å². The van der Waals surface area contributed by atoms with E-state index in [0.29, 0.717) is 18.7 Å². The van der Waals surface area contributed by atoms with Crippen molar-refractivity contribution in [1.82, 2.24) is 9.47 Å². The Kier molecular flexibility index (Phi) is 4.67. The van der Waals surface area contributed by atoms with Crippen LogP contribution in [0.5, 0.6) is 0 Å². The van der Waals surface area contributed by atoms with Gasteiger partial charge in [-0.3, -0.25) is 4.79 Å². The molecule has 2 N–H and O–H groups in total. The first-order chi connectivity index (χ1) is 9.88. The topological polar surface area (TPSA) is 74.6 Å². The Hall–Kier alpha value is -1.82. The first-order valence-electron chi connectivity index (χ1n) is 7.31. The third-order valence-electron chi connectivity index (χ3n) is 3.93. The molecule has 0 saturated carbocycles. The quantitative estimate of drug-likeness (QED) is 0.886. The van der Waals surface area contributed by atoms with E-state index in [9.17, 15) is 14.7 Å². The molecule has 1 saturated heterocycles. The van der Waals surface area contributed by atoms with Crippen LogP contribution in [-0.2, 0) is 7.05 Å². The average molecular weight is 293 g/mol. The second-order valence-corrected chi connectivity index (χ2v) is 5.82. The zero-order valence-electron chi connectivity index (χ0n) is 12.8. The molecule has 2 amide bonds. The minimum Gasteiger partial charge on any atom is -0.393 e. The number of rotatable bonds is 3. The summed E-state index contributed by atoms with van der Waals surface area (Å²) in [5.41, 5.74) is 1.29. The van der Waals surface area contributed by atoms with Gasteiger partial charge in [0.2, 0.25) is 0 Å². The van der Waals surface area contributed by atoms with Crippen LogP contribution in [0.3, 0.4) is 0 Å². The van der Waals surface area contributed by atoms with Crippen molar-refractivity contribution in [3.05, 3.63) is 28.2 Å². The second-order valence-electron chi connectivity index (χ2n) is 5.82. The van der Waals surface area contributed by atoms with Crippen LogP contribution in [0.4, 0.5) is 10.5 Å². The number of aliphatic hydroxyl groups is 1. The Bertz CT molecular complexity index is 580. The van der Waals surface area contributed by atoms with Crippen LogP contribution in [-0.4, -0.2) is 39.3 Å². The van der Waals surface area contributed by atoms with E-state index < -0.39 is 6.10 Å². The van der Waals surface area contributed by atoms with Gasteiger partial charge in [0, 0.05) is 31.9 Å². The predicted molar refractivity (Wildman–Crippen MR) is 81.5 cm³/mol. The van der Waals surface area contributed by atoms with Crippen molar-refractivity contribution in [1.29, 1.82) is 0 Å². The molecular formula is C15H23N3O3. The van der Waals surface area contributed by atoms with Gasteiger partial charge in [-0.25, -0.2) is 4.79 Å². The summed E-state index contributed by atoms with van der Waals surface area (Å²) < 4.78 is 1.44. The molecule has 0 bridgehead atoms. The number of hydrogen-bond acceptors (Lipinski definition) is 3. The van der Waals surface area contributed by atoms with Gasteiger partial charge in [0.05, 0.1) is 11.8 Å². The molecule has 6 heteroatoms. The van der Waals surface area contributed by atoms with E-state index in [1.807, 2.05) is 0 Å². The van der Waals surface area contributed by atoms with Gasteiger partial charge in [-0.2, -0.15) is 0 Å². The molecule has 2 heterocycles. The molecule has 0 radical (unpaired) electrons. The number of pyridine rings is 1. The Balaban J connectivity index is 2.11. The highest BCUT2D eigenvalue weighted by Gasteiger charge is 2.29. The van der Waals surface area contributed by atoms with Gasteiger partial charge in [0.25, 0.3) is 5.56 Å². The van der Waals surface area contributed by atoms with E-state index in [4.69, 9.17) is 0 Å². The number of aryl methyl sites for hydroxylation is 2. The van der Waals surface area contributed by atoms with Crippen molar-refractivity contribution in [3.8, 4) is 0 Å². The standard InChI is InChI=1S/C15H23N3O3/c1-10-7-14(20)17(3)9-13(10)16-15(21)18-6-4-5-12(18)8-11(2)19/h7,9,11-12,19H,4-6,8H2,1-3H3,(H,16,21). The third kappa shape index (κ3) is 3.64. The molecule has 1 aliphatic heterocycles. The van der Waals surface area contributed by atoms with Gasteiger partial charge in [0.15, 0.2) is 0 Å². The van der Waals surface area contributed by atoms with Gasteiger partial charge < -0.3 is 19.9 Å². The maximum atomic E-state index is 12.4. The second kappa shape index (κ2) is 6.30. The first-order valence-corrected chi connectivity index (χ1v) is 7.31. The number of carbonyl (C=O) groups is 1. The third-order valence-corrected chi connectivity index (χ3v) is 3.93. The molecule has 1 aromatic rings. The molecule has 2 rings (SSSR count). The summed E-state index contributed by atoms with van der Waals surface area (Å²) in [6, 6.07) is 1.42. The fraction of sp³-hybridized carbons (Fsp3) is 0.600. The van der Waals surface area contributed by atoms with Crippen LogP contribution in [0.2, 0.25) is 0 Å². The lowest BCUT2D eigenvalue weighted by Gasteiger charge is -2.26. The lowest BCUT2D eigenvalue weighted by atomic mass is 10.1. The van der Waals surface area contributed by atoms with Crippen molar-refractivity contribution in [2.45, 2.75) is 45.3 Å². The fourth-order valence-electron chi connectivity index (χ4n) is 2.78. The first kappa shape index (κ1) is 15.6. The monoisotopic (exact) mass is 293 g/mol. The van der Waals surface area contributed by atoms with Crippen molar-refractivity contribution in [2.75, 3.05) is 11.9 Å². The van der Waals surface area contributed by atoms with Gasteiger partial charge >= 0.3 is 6.03 Å². The highest BCUT2D eigenvalue weighted by Crippen LogP contribution is 2.23. The number of aliphatic hydroxyl groups excluding tert-OH is 1. The highest BCUT2D eigenvalue weighted by molar-refractivity contribution is 5.90. The number of urea groups is 1. The van der Waals surface area contributed by atoms with E-state index in [2.05, 4.69) is 5.32 Å². The lowest BCUT2D eigenvalue weighted by Crippen LogP contribution is -2.40. The fourth-order valence-corrected chi connectivity index (χ4v) is 2.78. The number of carbonyl (C=O) groups excluding carboxylic acids is 1. The zero-order chi connectivity index (χ0) is 15.6.